The summed E-state index contributed by atoms with van der Waals surface area (Å²) < 4.78 is 4.48. The topological polar surface area (TPSA) is 59.4 Å². The van der Waals surface area contributed by atoms with Gasteiger partial charge >= 0.3 is 5.97 Å². The van der Waals surface area contributed by atoms with Crippen LogP contribution in [-0.4, -0.2) is 23.2 Å². The van der Waals surface area contributed by atoms with Gasteiger partial charge in [0.05, 0.1) is 23.2 Å². The lowest BCUT2D eigenvalue weighted by Crippen LogP contribution is -2.13. The molecule has 5 heteroatoms. The number of aromatic nitrogens is 1. The minimum Gasteiger partial charge on any atom is -0.467 e. The van der Waals surface area contributed by atoms with E-state index < -0.39 is 12.1 Å². The normalized spacial score (nSPS) is 17.9. The summed E-state index contributed by atoms with van der Waals surface area (Å²) in [7, 11) is 1.27. The molecule has 1 unspecified atom stereocenters. The third-order valence-corrected chi connectivity index (χ3v) is 3.16. The van der Waals surface area contributed by atoms with E-state index >= 15 is 0 Å². The molecular weight excluding hydrogens is 202 g/mol. The summed E-state index contributed by atoms with van der Waals surface area (Å²) in [4.78, 5) is 15.9. The highest BCUT2D eigenvalue weighted by Crippen LogP contribution is 2.43. The molecule has 2 rings (SSSR count). The maximum atomic E-state index is 11.1. The van der Waals surface area contributed by atoms with Gasteiger partial charge in [-0.15, -0.1) is 11.3 Å². The smallest absolute Gasteiger partial charge is 0.340 e. The van der Waals surface area contributed by atoms with Gasteiger partial charge in [-0.1, -0.05) is 0 Å². The summed E-state index contributed by atoms with van der Waals surface area (Å²) in [5, 5.41) is 9.63. The van der Waals surface area contributed by atoms with Gasteiger partial charge in [-0.05, 0) is 12.8 Å². The van der Waals surface area contributed by atoms with E-state index in [0.717, 1.165) is 18.5 Å². The number of esters is 1. The van der Waals surface area contributed by atoms with E-state index in [4.69, 9.17) is 0 Å². The number of ether oxygens (including phenoxy) is 1. The lowest BCUT2D eigenvalue weighted by molar-refractivity contribution is -0.150. The molecule has 0 aliphatic heterocycles. The average Bonchev–Trinajstić information content (AvgIpc) is 2.94. The molecule has 1 fully saturated rings. The van der Waals surface area contributed by atoms with Crippen LogP contribution in [-0.2, 0) is 9.53 Å². The van der Waals surface area contributed by atoms with Gasteiger partial charge in [-0.3, -0.25) is 0 Å². The SMILES string of the molecule is COC(=O)C(O)c1scnc1C1CC1. The monoisotopic (exact) mass is 213 g/mol. The summed E-state index contributed by atoms with van der Waals surface area (Å²) >= 11 is 1.31. The lowest BCUT2D eigenvalue weighted by atomic mass is 10.2. The third-order valence-electron chi connectivity index (χ3n) is 2.26. The Hall–Kier alpha value is -0.940. The van der Waals surface area contributed by atoms with Crippen molar-refractivity contribution in [2.45, 2.75) is 24.9 Å². The Labute approximate surface area is 85.5 Å². The minimum atomic E-state index is -1.16. The molecule has 1 aromatic rings. The second kappa shape index (κ2) is 3.67. The third kappa shape index (κ3) is 1.65. The number of hydrogen-bond donors (Lipinski definition) is 1. The molecule has 76 valence electrons. The Kier molecular flexibility index (Phi) is 2.52. The van der Waals surface area contributed by atoms with Crippen LogP contribution in [0.4, 0.5) is 0 Å². The first-order chi connectivity index (χ1) is 6.74. The largest absolute Gasteiger partial charge is 0.467 e. The molecule has 1 aromatic heterocycles. The van der Waals surface area contributed by atoms with E-state index in [1.54, 1.807) is 5.51 Å². The molecule has 1 aliphatic carbocycles. The molecule has 0 bridgehead atoms. The van der Waals surface area contributed by atoms with Crippen LogP contribution in [0.3, 0.4) is 0 Å². The first-order valence-electron chi connectivity index (χ1n) is 4.43. The number of carbonyl (C=O) groups excluding carboxylic acids is 1. The minimum absolute atomic E-state index is 0.440. The zero-order valence-corrected chi connectivity index (χ0v) is 8.58. The van der Waals surface area contributed by atoms with Crippen molar-refractivity contribution in [1.82, 2.24) is 4.98 Å². The zero-order valence-electron chi connectivity index (χ0n) is 7.77. The van der Waals surface area contributed by atoms with Crippen molar-refractivity contribution in [3.8, 4) is 0 Å². The molecule has 0 spiro atoms. The molecule has 1 aliphatic rings. The number of hydrogen-bond acceptors (Lipinski definition) is 5. The van der Waals surface area contributed by atoms with Crippen LogP contribution in [0, 0.1) is 0 Å². The van der Waals surface area contributed by atoms with Gasteiger partial charge in [-0.25, -0.2) is 9.78 Å². The van der Waals surface area contributed by atoms with Crippen LogP contribution < -0.4 is 0 Å². The summed E-state index contributed by atoms with van der Waals surface area (Å²) in [5.41, 5.74) is 2.53. The average molecular weight is 213 g/mol. The molecule has 1 N–H and O–H groups in total. The summed E-state index contributed by atoms with van der Waals surface area (Å²) in [6.07, 6.45) is 1.04. The van der Waals surface area contributed by atoms with Crippen molar-refractivity contribution < 1.29 is 14.6 Å². The molecule has 1 atom stereocenters. The Morgan fingerprint density at radius 3 is 3.07 bits per heavy atom. The maximum Gasteiger partial charge on any atom is 0.340 e. The number of carbonyl (C=O) groups is 1. The van der Waals surface area contributed by atoms with Crippen LogP contribution in [0.25, 0.3) is 0 Å². The highest BCUT2D eigenvalue weighted by molar-refractivity contribution is 7.10. The van der Waals surface area contributed by atoms with Crippen LogP contribution in [0.2, 0.25) is 0 Å². The van der Waals surface area contributed by atoms with Crippen LogP contribution in [0.15, 0.2) is 5.51 Å². The van der Waals surface area contributed by atoms with Crippen molar-refractivity contribution >= 4 is 17.3 Å². The van der Waals surface area contributed by atoms with Crippen molar-refractivity contribution in [2.24, 2.45) is 0 Å². The Bertz CT molecular complexity index is 346. The number of methoxy groups -OCH3 is 1. The molecule has 0 radical (unpaired) electrons. The van der Waals surface area contributed by atoms with E-state index in [-0.39, 0.29) is 0 Å². The van der Waals surface area contributed by atoms with Crippen molar-refractivity contribution in [1.29, 1.82) is 0 Å². The molecular formula is C9H11NO3S. The van der Waals surface area contributed by atoms with Crippen LogP contribution in [0.1, 0.15) is 35.4 Å². The fraction of sp³-hybridized carbons (Fsp3) is 0.556. The second-order valence-corrected chi connectivity index (χ2v) is 4.19. The van der Waals surface area contributed by atoms with E-state index in [1.165, 1.54) is 18.4 Å². The predicted molar refractivity (Wildman–Crippen MR) is 51.1 cm³/mol. The molecule has 0 aromatic carbocycles. The van der Waals surface area contributed by atoms with Gasteiger partial charge in [0.1, 0.15) is 0 Å². The number of aliphatic hydroxyl groups excluding tert-OH is 1. The first kappa shape index (κ1) is 9.61. The van der Waals surface area contributed by atoms with Gasteiger partial charge in [-0.2, -0.15) is 0 Å². The van der Waals surface area contributed by atoms with Crippen molar-refractivity contribution in [3.05, 3.63) is 16.1 Å². The van der Waals surface area contributed by atoms with E-state index in [0.29, 0.717) is 10.8 Å². The summed E-state index contributed by atoms with van der Waals surface area (Å²) in [6.45, 7) is 0. The number of rotatable bonds is 3. The molecule has 0 amide bonds. The van der Waals surface area contributed by atoms with Gasteiger partial charge in [0, 0.05) is 5.92 Å². The highest BCUT2D eigenvalue weighted by Gasteiger charge is 2.32. The van der Waals surface area contributed by atoms with E-state index in [9.17, 15) is 9.90 Å². The first-order valence-corrected chi connectivity index (χ1v) is 5.31. The lowest BCUT2D eigenvalue weighted by Gasteiger charge is -2.07. The predicted octanol–water partition coefficient (Wildman–Crippen LogP) is 1.23. The second-order valence-electron chi connectivity index (χ2n) is 3.30. The van der Waals surface area contributed by atoms with Crippen LogP contribution in [0.5, 0.6) is 0 Å². The molecule has 1 heterocycles. The fourth-order valence-corrected chi connectivity index (χ4v) is 2.20. The molecule has 1 saturated carbocycles. The fourth-order valence-electron chi connectivity index (χ4n) is 1.35. The van der Waals surface area contributed by atoms with E-state index in [2.05, 4.69) is 9.72 Å². The van der Waals surface area contributed by atoms with Crippen molar-refractivity contribution in [3.63, 3.8) is 0 Å². The van der Waals surface area contributed by atoms with Gasteiger partial charge < -0.3 is 9.84 Å². The Morgan fingerprint density at radius 2 is 2.50 bits per heavy atom. The maximum absolute atomic E-state index is 11.1. The summed E-state index contributed by atoms with van der Waals surface area (Å²) in [5.74, 6) is -0.174. The van der Waals surface area contributed by atoms with Crippen molar-refractivity contribution in [2.75, 3.05) is 7.11 Å². The van der Waals surface area contributed by atoms with E-state index in [1.807, 2.05) is 0 Å². The van der Waals surface area contributed by atoms with Gasteiger partial charge in [0.2, 0.25) is 0 Å². The molecule has 0 saturated heterocycles. The molecule has 4 nitrogen and oxygen atoms in total. The Balaban J connectivity index is 2.21. The number of thiazole rings is 1. The highest BCUT2D eigenvalue weighted by atomic mass is 32.1. The molecule has 14 heavy (non-hydrogen) atoms. The number of aliphatic hydroxyl groups is 1. The standard InChI is InChI=1S/C9H11NO3S/c1-13-9(12)7(11)8-6(5-2-3-5)10-4-14-8/h4-5,7,11H,2-3H2,1H3. The Morgan fingerprint density at radius 1 is 1.79 bits per heavy atom. The summed E-state index contributed by atoms with van der Waals surface area (Å²) in [6, 6.07) is 0. The van der Waals surface area contributed by atoms with Crippen LogP contribution >= 0.6 is 11.3 Å². The quantitative estimate of drug-likeness (QED) is 0.767. The van der Waals surface area contributed by atoms with Gasteiger partial charge in [0.25, 0.3) is 0 Å². The van der Waals surface area contributed by atoms with Gasteiger partial charge in [0.15, 0.2) is 6.10 Å². The zero-order chi connectivity index (χ0) is 10.1. The number of nitrogens with zero attached hydrogens (tertiary/aromatic N) is 1.